The Hall–Kier alpha value is -3.68. The zero-order valence-electron chi connectivity index (χ0n) is 17.8. The molecule has 7 nitrogen and oxygen atoms in total. The number of fused-ring (bicyclic) bond motifs is 1. The average Bonchev–Trinajstić information content (AvgIpc) is 3.42. The average molecular weight is 437 g/mol. The van der Waals surface area contributed by atoms with Gasteiger partial charge in [-0.05, 0) is 67.6 Å². The Balaban J connectivity index is 1.32. The number of methoxy groups -OCH3 is 1. The summed E-state index contributed by atoms with van der Waals surface area (Å²) in [5.41, 5.74) is 3.71. The van der Waals surface area contributed by atoms with Crippen molar-refractivity contribution < 1.29 is 23.5 Å². The number of aromatic nitrogens is 2. The van der Waals surface area contributed by atoms with Crippen LogP contribution in [0.15, 0.2) is 48.5 Å². The monoisotopic (exact) mass is 437 g/mol. The zero-order chi connectivity index (χ0) is 22.5. The highest BCUT2D eigenvalue weighted by Gasteiger charge is 2.28. The summed E-state index contributed by atoms with van der Waals surface area (Å²) in [6, 6.07) is 13.5. The van der Waals surface area contributed by atoms with Crippen molar-refractivity contribution in [3.63, 3.8) is 0 Å². The maximum absolute atomic E-state index is 13.3. The molecule has 0 aliphatic heterocycles. The maximum atomic E-state index is 13.3. The van der Waals surface area contributed by atoms with Crippen molar-refractivity contribution in [2.75, 3.05) is 20.3 Å². The molecule has 0 spiro atoms. The molecule has 0 atom stereocenters. The van der Waals surface area contributed by atoms with E-state index in [-0.39, 0.29) is 24.0 Å². The van der Waals surface area contributed by atoms with Crippen LogP contribution in [0.2, 0.25) is 0 Å². The second kappa shape index (κ2) is 9.64. The Morgan fingerprint density at radius 3 is 2.56 bits per heavy atom. The van der Waals surface area contributed by atoms with Crippen LogP contribution in [0.4, 0.5) is 4.39 Å². The molecule has 1 aromatic heterocycles. The maximum Gasteiger partial charge on any atom is 0.359 e. The van der Waals surface area contributed by atoms with Crippen molar-refractivity contribution >= 4 is 11.9 Å². The van der Waals surface area contributed by atoms with Gasteiger partial charge in [-0.1, -0.05) is 12.1 Å². The van der Waals surface area contributed by atoms with E-state index in [9.17, 15) is 14.0 Å². The molecule has 0 fully saturated rings. The molecule has 0 bridgehead atoms. The quantitative estimate of drug-likeness (QED) is 0.548. The number of benzene rings is 2. The van der Waals surface area contributed by atoms with E-state index in [0.717, 1.165) is 41.8 Å². The number of ether oxygens (including phenoxy) is 2. The third-order valence-corrected chi connectivity index (χ3v) is 5.42. The minimum atomic E-state index is -0.630. The molecule has 1 N–H and O–H groups in total. The number of carbonyl (C=O) groups excluding carboxylic acids is 2. The Kier molecular flexibility index (Phi) is 6.49. The van der Waals surface area contributed by atoms with Crippen LogP contribution in [0.1, 0.15) is 33.7 Å². The van der Waals surface area contributed by atoms with Crippen molar-refractivity contribution in [2.24, 2.45) is 0 Å². The van der Waals surface area contributed by atoms with Gasteiger partial charge in [0.1, 0.15) is 11.6 Å². The Morgan fingerprint density at radius 1 is 1.09 bits per heavy atom. The molecule has 0 saturated carbocycles. The number of rotatable bonds is 8. The summed E-state index contributed by atoms with van der Waals surface area (Å²) < 4.78 is 25.3. The van der Waals surface area contributed by atoms with Gasteiger partial charge in [-0.3, -0.25) is 4.79 Å². The van der Waals surface area contributed by atoms with Crippen LogP contribution in [0.5, 0.6) is 5.75 Å². The van der Waals surface area contributed by atoms with Gasteiger partial charge < -0.3 is 14.8 Å². The molecule has 3 aromatic rings. The third kappa shape index (κ3) is 4.80. The molecule has 1 amide bonds. The van der Waals surface area contributed by atoms with Crippen LogP contribution in [0, 0.1) is 5.82 Å². The van der Waals surface area contributed by atoms with E-state index < -0.39 is 5.97 Å². The number of carbonyl (C=O) groups is 2. The molecule has 1 aliphatic carbocycles. The lowest BCUT2D eigenvalue weighted by Crippen LogP contribution is -2.30. The SMILES string of the molecule is COc1ccc(CCNC(=O)COC(=O)c2nn(-c3ccc(F)cc3)c3c2CCC3)cc1. The molecular formula is C24H24FN3O4. The van der Waals surface area contributed by atoms with E-state index in [1.165, 1.54) is 12.1 Å². The Morgan fingerprint density at radius 2 is 1.84 bits per heavy atom. The first-order chi connectivity index (χ1) is 15.5. The fraction of sp³-hybridized carbons (Fsp3) is 0.292. The van der Waals surface area contributed by atoms with Crippen LogP contribution in [0.25, 0.3) is 5.69 Å². The number of halogens is 1. The molecule has 0 saturated heterocycles. The molecule has 0 radical (unpaired) electrons. The van der Waals surface area contributed by atoms with Gasteiger partial charge in [0.05, 0.1) is 12.8 Å². The minimum absolute atomic E-state index is 0.216. The van der Waals surface area contributed by atoms with Crippen molar-refractivity contribution in [1.29, 1.82) is 0 Å². The normalized spacial score (nSPS) is 12.3. The van der Waals surface area contributed by atoms with Gasteiger partial charge >= 0.3 is 5.97 Å². The van der Waals surface area contributed by atoms with Gasteiger partial charge in [0, 0.05) is 17.8 Å². The van der Waals surface area contributed by atoms with Crippen molar-refractivity contribution in [2.45, 2.75) is 25.7 Å². The van der Waals surface area contributed by atoms with E-state index in [0.29, 0.717) is 18.7 Å². The molecule has 32 heavy (non-hydrogen) atoms. The number of amides is 1. The summed E-state index contributed by atoms with van der Waals surface area (Å²) in [6.07, 6.45) is 3.05. The standard InChI is InChI=1S/C24H24FN3O4/c1-31-19-11-5-16(6-12-19)13-14-26-22(29)15-32-24(30)23-20-3-2-4-21(20)28(27-23)18-9-7-17(25)8-10-18/h5-12H,2-4,13-15H2,1H3,(H,26,29). The zero-order valence-corrected chi connectivity index (χ0v) is 17.8. The van der Waals surface area contributed by atoms with Crippen LogP contribution < -0.4 is 10.1 Å². The lowest BCUT2D eigenvalue weighted by molar-refractivity contribution is -0.124. The minimum Gasteiger partial charge on any atom is -0.497 e. The predicted molar refractivity (Wildman–Crippen MR) is 116 cm³/mol. The van der Waals surface area contributed by atoms with Gasteiger partial charge in [-0.2, -0.15) is 5.10 Å². The number of nitrogens with zero attached hydrogens (tertiary/aromatic N) is 2. The highest BCUT2D eigenvalue weighted by atomic mass is 19.1. The third-order valence-electron chi connectivity index (χ3n) is 5.42. The first kappa shape index (κ1) is 21.5. The van der Waals surface area contributed by atoms with Gasteiger partial charge in [-0.25, -0.2) is 13.9 Å². The number of esters is 1. The van der Waals surface area contributed by atoms with Gasteiger partial charge in [0.15, 0.2) is 12.3 Å². The topological polar surface area (TPSA) is 82.4 Å². The Bertz CT molecular complexity index is 1110. The van der Waals surface area contributed by atoms with Crippen molar-refractivity contribution in [3.05, 3.63) is 76.9 Å². The van der Waals surface area contributed by atoms with Gasteiger partial charge in [0.25, 0.3) is 5.91 Å². The number of hydrogen-bond acceptors (Lipinski definition) is 5. The summed E-state index contributed by atoms with van der Waals surface area (Å²) in [5.74, 6) is -0.566. The molecule has 1 heterocycles. The molecule has 1 aliphatic rings. The smallest absolute Gasteiger partial charge is 0.359 e. The predicted octanol–water partition coefficient (Wildman–Crippen LogP) is 3.02. The van der Waals surface area contributed by atoms with Crippen LogP contribution in [-0.4, -0.2) is 41.9 Å². The number of nitrogens with one attached hydrogen (secondary N) is 1. The second-order valence-corrected chi connectivity index (χ2v) is 7.54. The largest absolute Gasteiger partial charge is 0.497 e. The Labute approximate surface area is 185 Å². The summed E-state index contributed by atoms with van der Waals surface area (Å²) in [6.45, 7) is 0.0525. The summed E-state index contributed by atoms with van der Waals surface area (Å²) in [5, 5.41) is 7.15. The lowest BCUT2D eigenvalue weighted by atomic mass is 10.1. The fourth-order valence-electron chi connectivity index (χ4n) is 3.79. The molecule has 4 rings (SSSR count). The molecular weight excluding hydrogens is 413 g/mol. The highest BCUT2D eigenvalue weighted by molar-refractivity contribution is 5.91. The highest BCUT2D eigenvalue weighted by Crippen LogP contribution is 2.28. The van der Waals surface area contributed by atoms with Gasteiger partial charge in [-0.15, -0.1) is 0 Å². The van der Waals surface area contributed by atoms with E-state index >= 15 is 0 Å². The molecule has 2 aromatic carbocycles. The van der Waals surface area contributed by atoms with Gasteiger partial charge in [0.2, 0.25) is 0 Å². The second-order valence-electron chi connectivity index (χ2n) is 7.54. The van der Waals surface area contributed by atoms with E-state index in [1.54, 1.807) is 23.9 Å². The lowest BCUT2D eigenvalue weighted by Gasteiger charge is -2.07. The van der Waals surface area contributed by atoms with E-state index in [4.69, 9.17) is 9.47 Å². The first-order valence-corrected chi connectivity index (χ1v) is 10.5. The fourth-order valence-corrected chi connectivity index (χ4v) is 3.79. The van der Waals surface area contributed by atoms with Crippen LogP contribution >= 0.6 is 0 Å². The van der Waals surface area contributed by atoms with Crippen molar-refractivity contribution in [3.8, 4) is 11.4 Å². The summed E-state index contributed by atoms with van der Waals surface area (Å²) >= 11 is 0. The molecule has 0 unspecified atom stereocenters. The van der Waals surface area contributed by atoms with Crippen molar-refractivity contribution in [1.82, 2.24) is 15.1 Å². The number of hydrogen-bond donors (Lipinski definition) is 1. The summed E-state index contributed by atoms with van der Waals surface area (Å²) in [4.78, 5) is 24.7. The summed E-state index contributed by atoms with van der Waals surface area (Å²) in [7, 11) is 1.61. The van der Waals surface area contributed by atoms with E-state index in [1.807, 2.05) is 24.3 Å². The first-order valence-electron chi connectivity index (χ1n) is 10.5. The molecule has 8 heteroatoms. The van der Waals surface area contributed by atoms with E-state index in [2.05, 4.69) is 10.4 Å². The van der Waals surface area contributed by atoms with Crippen LogP contribution in [0.3, 0.4) is 0 Å². The molecule has 166 valence electrons. The van der Waals surface area contributed by atoms with Crippen LogP contribution in [-0.2, 0) is 28.8 Å².